The van der Waals surface area contributed by atoms with Crippen LogP contribution in [0, 0.1) is 5.92 Å². The van der Waals surface area contributed by atoms with Crippen molar-refractivity contribution in [3.63, 3.8) is 0 Å². The molecule has 0 saturated carbocycles. The van der Waals surface area contributed by atoms with Gasteiger partial charge in [0.25, 0.3) is 0 Å². The van der Waals surface area contributed by atoms with E-state index in [4.69, 9.17) is 10.5 Å². The lowest BCUT2D eigenvalue weighted by atomic mass is 9.90. The Labute approximate surface area is 133 Å². The van der Waals surface area contributed by atoms with Crippen molar-refractivity contribution in [2.24, 2.45) is 11.7 Å². The first-order valence-corrected chi connectivity index (χ1v) is 8.28. The molecule has 1 aliphatic rings. The van der Waals surface area contributed by atoms with Crippen molar-refractivity contribution < 1.29 is 9.53 Å². The summed E-state index contributed by atoms with van der Waals surface area (Å²) in [6, 6.07) is 8.29. The molecule has 1 aromatic carbocycles. The van der Waals surface area contributed by atoms with Gasteiger partial charge in [-0.1, -0.05) is 19.1 Å². The zero-order valence-electron chi connectivity index (χ0n) is 13.8. The van der Waals surface area contributed by atoms with E-state index in [1.54, 1.807) is 7.11 Å². The number of likely N-dealkylation sites (tertiary alicyclic amines) is 1. The van der Waals surface area contributed by atoms with E-state index in [2.05, 4.69) is 19.1 Å². The van der Waals surface area contributed by atoms with Gasteiger partial charge >= 0.3 is 0 Å². The minimum Gasteiger partial charge on any atom is -0.497 e. The summed E-state index contributed by atoms with van der Waals surface area (Å²) in [6.07, 6.45) is 4.69. The van der Waals surface area contributed by atoms with Crippen LogP contribution in [0.15, 0.2) is 24.3 Å². The van der Waals surface area contributed by atoms with Crippen molar-refractivity contribution in [3.05, 3.63) is 29.8 Å². The fourth-order valence-electron chi connectivity index (χ4n) is 3.30. The Morgan fingerprint density at radius 2 is 2.09 bits per heavy atom. The summed E-state index contributed by atoms with van der Waals surface area (Å²) in [5.74, 6) is 1.65. The molecule has 0 aliphatic carbocycles. The molecule has 1 saturated heterocycles. The van der Waals surface area contributed by atoms with E-state index in [0.717, 1.165) is 31.6 Å². The molecule has 1 amide bonds. The minimum absolute atomic E-state index is 0.224. The average molecular weight is 304 g/mol. The molecule has 4 heteroatoms. The number of hydrogen-bond acceptors (Lipinski definition) is 3. The molecule has 122 valence electrons. The summed E-state index contributed by atoms with van der Waals surface area (Å²) in [5.41, 5.74) is 7.11. The Balaban J connectivity index is 1.81. The largest absolute Gasteiger partial charge is 0.497 e. The lowest BCUT2D eigenvalue weighted by Crippen LogP contribution is -2.51. The van der Waals surface area contributed by atoms with Crippen LogP contribution in [-0.2, 0) is 11.2 Å². The number of benzene rings is 1. The standard InChI is InChI=1S/C18H28N2O2/c1-14-5-4-12-20(17(14)13-19)18(21)7-3-6-15-8-10-16(22-2)11-9-15/h8-11,14,17H,3-7,12-13,19H2,1-2H3/t14-,17-/m0/s1. The normalized spacial score (nSPS) is 21.7. The quantitative estimate of drug-likeness (QED) is 0.879. The maximum atomic E-state index is 12.5. The van der Waals surface area contributed by atoms with E-state index in [9.17, 15) is 4.79 Å². The van der Waals surface area contributed by atoms with Gasteiger partial charge in [0.1, 0.15) is 5.75 Å². The molecule has 0 spiro atoms. The number of carbonyl (C=O) groups excluding carboxylic acids is 1. The molecule has 0 radical (unpaired) electrons. The van der Waals surface area contributed by atoms with Gasteiger partial charge in [0.05, 0.1) is 7.11 Å². The van der Waals surface area contributed by atoms with Crippen molar-refractivity contribution in [2.45, 2.75) is 45.1 Å². The summed E-state index contributed by atoms with van der Waals surface area (Å²) < 4.78 is 5.15. The summed E-state index contributed by atoms with van der Waals surface area (Å²) in [7, 11) is 1.67. The van der Waals surface area contributed by atoms with E-state index in [1.807, 2.05) is 17.0 Å². The van der Waals surface area contributed by atoms with Gasteiger partial charge < -0.3 is 15.4 Å². The third kappa shape index (κ3) is 4.23. The molecule has 0 unspecified atom stereocenters. The van der Waals surface area contributed by atoms with Crippen LogP contribution in [0.5, 0.6) is 5.75 Å². The van der Waals surface area contributed by atoms with Crippen LogP contribution in [0.4, 0.5) is 0 Å². The zero-order valence-corrected chi connectivity index (χ0v) is 13.8. The first-order chi connectivity index (χ1) is 10.7. The predicted octanol–water partition coefficient (Wildman–Crippen LogP) is 2.60. The van der Waals surface area contributed by atoms with Gasteiger partial charge in [0.15, 0.2) is 0 Å². The van der Waals surface area contributed by atoms with Crippen LogP contribution >= 0.6 is 0 Å². The van der Waals surface area contributed by atoms with E-state index in [1.165, 1.54) is 12.0 Å². The number of methoxy groups -OCH3 is 1. The van der Waals surface area contributed by atoms with Crippen LogP contribution < -0.4 is 10.5 Å². The number of aryl methyl sites for hydroxylation is 1. The predicted molar refractivity (Wildman–Crippen MR) is 88.9 cm³/mol. The Morgan fingerprint density at radius 3 is 2.73 bits per heavy atom. The monoisotopic (exact) mass is 304 g/mol. The van der Waals surface area contributed by atoms with E-state index in [0.29, 0.717) is 18.9 Å². The summed E-state index contributed by atoms with van der Waals surface area (Å²) >= 11 is 0. The van der Waals surface area contributed by atoms with Gasteiger partial charge in [-0.05, 0) is 49.3 Å². The highest BCUT2D eigenvalue weighted by Crippen LogP contribution is 2.23. The fourth-order valence-corrected chi connectivity index (χ4v) is 3.30. The molecular formula is C18H28N2O2. The van der Waals surface area contributed by atoms with Crippen LogP contribution in [-0.4, -0.2) is 37.0 Å². The van der Waals surface area contributed by atoms with Crippen LogP contribution in [0.3, 0.4) is 0 Å². The molecule has 4 nitrogen and oxygen atoms in total. The average Bonchev–Trinajstić information content (AvgIpc) is 2.55. The maximum absolute atomic E-state index is 12.5. The number of amides is 1. The molecule has 1 aromatic rings. The number of rotatable bonds is 6. The van der Waals surface area contributed by atoms with Crippen molar-refractivity contribution in [2.75, 3.05) is 20.2 Å². The molecule has 2 N–H and O–H groups in total. The molecule has 0 bridgehead atoms. The Hall–Kier alpha value is -1.55. The van der Waals surface area contributed by atoms with Gasteiger partial charge in [-0.2, -0.15) is 0 Å². The lowest BCUT2D eigenvalue weighted by molar-refractivity contribution is -0.136. The highest BCUT2D eigenvalue weighted by Gasteiger charge is 2.30. The number of hydrogen-bond donors (Lipinski definition) is 1. The summed E-state index contributed by atoms with van der Waals surface area (Å²) in [6.45, 7) is 3.65. The minimum atomic E-state index is 0.224. The second kappa shape index (κ2) is 8.18. The number of nitrogens with zero attached hydrogens (tertiary/aromatic N) is 1. The molecule has 2 atom stereocenters. The van der Waals surface area contributed by atoms with Gasteiger partial charge in [-0.3, -0.25) is 4.79 Å². The molecule has 22 heavy (non-hydrogen) atoms. The third-order valence-corrected chi connectivity index (χ3v) is 4.69. The molecule has 0 aromatic heterocycles. The highest BCUT2D eigenvalue weighted by molar-refractivity contribution is 5.76. The van der Waals surface area contributed by atoms with E-state index in [-0.39, 0.29) is 11.9 Å². The smallest absolute Gasteiger partial charge is 0.222 e. The van der Waals surface area contributed by atoms with E-state index < -0.39 is 0 Å². The first-order valence-electron chi connectivity index (χ1n) is 8.28. The molecule has 2 rings (SSSR count). The molecule has 1 aliphatic heterocycles. The molecular weight excluding hydrogens is 276 g/mol. The summed E-state index contributed by atoms with van der Waals surface area (Å²) in [4.78, 5) is 14.5. The molecule has 1 heterocycles. The van der Waals surface area contributed by atoms with Gasteiger partial charge in [0, 0.05) is 25.6 Å². The Kier molecular flexibility index (Phi) is 6.25. The number of carbonyl (C=O) groups is 1. The molecule has 1 fully saturated rings. The number of piperidine rings is 1. The third-order valence-electron chi connectivity index (χ3n) is 4.69. The van der Waals surface area contributed by atoms with Crippen molar-refractivity contribution in [1.82, 2.24) is 4.90 Å². The van der Waals surface area contributed by atoms with Crippen molar-refractivity contribution in [1.29, 1.82) is 0 Å². The first kappa shape index (κ1) is 16.8. The SMILES string of the molecule is COc1ccc(CCCC(=O)N2CCC[C@H](C)[C@@H]2CN)cc1. The Bertz CT molecular complexity index is 472. The van der Waals surface area contributed by atoms with Crippen molar-refractivity contribution >= 4 is 5.91 Å². The topological polar surface area (TPSA) is 55.6 Å². The zero-order chi connectivity index (χ0) is 15.9. The fraction of sp³-hybridized carbons (Fsp3) is 0.611. The number of nitrogens with two attached hydrogens (primary N) is 1. The van der Waals surface area contributed by atoms with Gasteiger partial charge in [-0.15, -0.1) is 0 Å². The van der Waals surface area contributed by atoms with Gasteiger partial charge in [-0.25, -0.2) is 0 Å². The Morgan fingerprint density at radius 1 is 1.36 bits per heavy atom. The second-order valence-corrected chi connectivity index (χ2v) is 6.21. The lowest BCUT2D eigenvalue weighted by Gasteiger charge is -2.39. The van der Waals surface area contributed by atoms with Crippen molar-refractivity contribution in [3.8, 4) is 5.75 Å². The number of ether oxygens (including phenoxy) is 1. The van der Waals surface area contributed by atoms with Crippen LogP contribution in [0.2, 0.25) is 0 Å². The van der Waals surface area contributed by atoms with Gasteiger partial charge in [0.2, 0.25) is 5.91 Å². The summed E-state index contributed by atoms with van der Waals surface area (Å²) in [5, 5.41) is 0. The van der Waals surface area contributed by atoms with Crippen LogP contribution in [0.25, 0.3) is 0 Å². The van der Waals surface area contributed by atoms with E-state index >= 15 is 0 Å². The highest BCUT2D eigenvalue weighted by atomic mass is 16.5. The maximum Gasteiger partial charge on any atom is 0.222 e. The second-order valence-electron chi connectivity index (χ2n) is 6.21. The van der Waals surface area contributed by atoms with Crippen LogP contribution in [0.1, 0.15) is 38.2 Å².